The molecule has 8 aromatic carbocycles. The summed E-state index contributed by atoms with van der Waals surface area (Å²) in [6.45, 7) is 0. The molecule has 10 rings (SSSR count). The predicted octanol–water partition coefficient (Wildman–Crippen LogP) is 12.9. The van der Waals surface area contributed by atoms with E-state index < -0.39 is 0 Å². The van der Waals surface area contributed by atoms with Crippen LogP contribution in [0.4, 0.5) is 0 Å². The van der Waals surface area contributed by atoms with Crippen LogP contribution in [0.2, 0.25) is 0 Å². The maximum absolute atomic E-state index is 5.10. The van der Waals surface area contributed by atoms with Gasteiger partial charge >= 0.3 is 0 Å². The fraction of sp³-hybridized carbons (Fsp3) is 0. The lowest BCUT2D eigenvalue weighted by molar-refractivity contribution is 1.08. The molecule has 0 aliphatic rings. The molecule has 3 nitrogen and oxygen atoms in total. The van der Waals surface area contributed by atoms with Crippen LogP contribution >= 0.6 is 11.3 Å². The number of thiophene rings is 1. The summed E-state index contributed by atoms with van der Waals surface area (Å²) in [6.07, 6.45) is 0. The molecule has 4 heteroatoms. The van der Waals surface area contributed by atoms with E-state index in [-0.39, 0.29) is 0 Å². The van der Waals surface area contributed by atoms with E-state index in [9.17, 15) is 0 Å². The number of benzene rings is 8. The summed E-state index contributed by atoms with van der Waals surface area (Å²) >= 11 is 1.71. The van der Waals surface area contributed by atoms with Crippen LogP contribution in [0.15, 0.2) is 176 Å². The summed E-state index contributed by atoms with van der Waals surface area (Å²) in [4.78, 5) is 16.3. The van der Waals surface area contributed by atoms with Gasteiger partial charge in [-0.1, -0.05) is 158 Å². The van der Waals surface area contributed by atoms with Gasteiger partial charge in [-0.15, -0.1) is 11.3 Å². The summed E-state index contributed by atoms with van der Waals surface area (Å²) in [6, 6.07) is 62.4. The molecule has 0 atom stereocenters. The molecule has 238 valence electrons. The van der Waals surface area contributed by atoms with Gasteiger partial charge in [0.25, 0.3) is 0 Å². The van der Waals surface area contributed by atoms with E-state index in [1.165, 1.54) is 53.7 Å². The molecule has 0 spiro atoms. The second kappa shape index (κ2) is 12.1. The maximum atomic E-state index is 5.10. The minimum Gasteiger partial charge on any atom is -0.208 e. The van der Waals surface area contributed by atoms with Crippen molar-refractivity contribution in [1.29, 1.82) is 0 Å². The molecule has 10 aromatic rings. The molecule has 0 N–H and O–H groups in total. The highest BCUT2D eigenvalue weighted by Gasteiger charge is 2.19. The lowest BCUT2D eigenvalue weighted by Gasteiger charge is -2.18. The first kappa shape index (κ1) is 29.4. The van der Waals surface area contributed by atoms with E-state index in [0.29, 0.717) is 17.5 Å². The van der Waals surface area contributed by atoms with Crippen molar-refractivity contribution in [3.05, 3.63) is 176 Å². The predicted molar refractivity (Wildman–Crippen MR) is 215 cm³/mol. The van der Waals surface area contributed by atoms with E-state index in [2.05, 4.69) is 176 Å². The Labute approximate surface area is 299 Å². The Hall–Kier alpha value is -6.49. The van der Waals surface area contributed by atoms with E-state index in [0.717, 1.165) is 27.0 Å². The van der Waals surface area contributed by atoms with Crippen LogP contribution in [0.3, 0.4) is 0 Å². The SMILES string of the molecule is c1ccc(-c2c(-c3ccc(-c4nc(-c5ccc6ccccc6c5)nc(-c5cc6ccccc6s5)n4)cc3)c3ccccc3c3ccccc23)cc1. The first-order valence-electron chi connectivity index (χ1n) is 17.1. The number of rotatable bonds is 5. The van der Waals surface area contributed by atoms with Crippen LogP contribution in [-0.4, -0.2) is 15.0 Å². The van der Waals surface area contributed by atoms with Gasteiger partial charge in [-0.3, -0.25) is 0 Å². The molecular formula is C47H29N3S. The van der Waals surface area contributed by atoms with Gasteiger partial charge in [0.05, 0.1) is 4.88 Å². The second-order valence-corrected chi connectivity index (χ2v) is 13.9. The van der Waals surface area contributed by atoms with Crippen molar-refractivity contribution < 1.29 is 0 Å². The Balaban J connectivity index is 1.16. The first-order chi connectivity index (χ1) is 25.3. The van der Waals surface area contributed by atoms with Gasteiger partial charge in [0.15, 0.2) is 17.5 Å². The monoisotopic (exact) mass is 667 g/mol. The van der Waals surface area contributed by atoms with Crippen LogP contribution in [0.1, 0.15) is 0 Å². The van der Waals surface area contributed by atoms with Crippen molar-refractivity contribution in [3.63, 3.8) is 0 Å². The highest BCUT2D eigenvalue weighted by Crippen LogP contribution is 2.44. The van der Waals surface area contributed by atoms with Crippen LogP contribution in [0, 0.1) is 0 Å². The lowest BCUT2D eigenvalue weighted by atomic mass is 9.85. The fourth-order valence-corrected chi connectivity index (χ4v) is 8.29. The minimum absolute atomic E-state index is 0.652. The van der Waals surface area contributed by atoms with Crippen LogP contribution < -0.4 is 0 Å². The summed E-state index contributed by atoms with van der Waals surface area (Å²) in [7, 11) is 0. The summed E-state index contributed by atoms with van der Waals surface area (Å²) in [5.41, 5.74) is 6.71. The van der Waals surface area contributed by atoms with Gasteiger partial charge in [0, 0.05) is 15.8 Å². The van der Waals surface area contributed by atoms with Crippen LogP contribution in [0.5, 0.6) is 0 Å². The molecular weight excluding hydrogens is 639 g/mol. The van der Waals surface area contributed by atoms with Crippen LogP contribution in [0.25, 0.3) is 98.1 Å². The molecule has 0 radical (unpaired) electrons. The van der Waals surface area contributed by atoms with Crippen molar-refractivity contribution in [1.82, 2.24) is 15.0 Å². The quantitative estimate of drug-likeness (QED) is 0.171. The minimum atomic E-state index is 0.652. The second-order valence-electron chi connectivity index (χ2n) is 12.8. The third-order valence-electron chi connectivity index (χ3n) is 9.72. The van der Waals surface area contributed by atoms with E-state index >= 15 is 0 Å². The summed E-state index contributed by atoms with van der Waals surface area (Å²) in [5.74, 6) is 1.99. The average molecular weight is 668 g/mol. The number of fused-ring (bicyclic) bond motifs is 5. The number of aromatic nitrogens is 3. The Kier molecular flexibility index (Phi) is 7.00. The molecule has 0 saturated carbocycles. The van der Waals surface area contributed by atoms with Gasteiger partial charge in [-0.25, -0.2) is 15.0 Å². The molecule has 0 saturated heterocycles. The Bertz CT molecular complexity index is 2880. The topological polar surface area (TPSA) is 38.7 Å². The molecule has 0 fully saturated rings. The summed E-state index contributed by atoms with van der Waals surface area (Å²) < 4.78 is 1.21. The maximum Gasteiger partial charge on any atom is 0.174 e. The number of hydrogen-bond donors (Lipinski definition) is 0. The normalized spacial score (nSPS) is 11.5. The highest BCUT2D eigenvalue weighted by atomic mass is 32.1. The fourth-order valence-electron chi connectivity index (χ4n) is 7.30. The van der Waals surface area contributed by atoms with Gasteiger partial charge in [-0.2, -0.15) is 0 Å². The Morgan fingerprint density at radius 1 is 0.314 bits per heavy atom. The van der Waals surface area contributed by atoms with Crippen molar-refractivity contribution in [2.24, 2.45) is 0 Å². The lowest BCUT2D eigenvalue weighted by Crippen LogP contribution is -1.99. The zero-order chi connectivity index (χ0) is 33.7. The Morgan fingerprint density at radius 2 is 0.804 bits per heavy atom. The number of hydrogen-bond acceptors (Lipinski definition) is 4. The summed E-state index contributed by atoms with van der Waals surface area (Å²) in [5, 5.41) is 8.51. The molecule has 0 bridgehead atoms. The van der Waals surface area contributed by atoms with Crippen molar-refractivity contribution in [2.45, 2.75) is 0 Å². The number of nitrogens with zero attached hydrogens (tertiary/aromatic N) is 3. The molecule has 0 unspecified atom stereocenters. The molecule has 0 aliphatic heterocycles. The van der Waals surface area contributed by atoms with E-state index in [1.54, 1.807) is 11.3 Å². The van der Waals surface area contributed by atoms with Crippen molar-refractivity contribution >= 4 is 53.7 Å². The largest absolute Gasteiger partial charge is 0.208 e. The standard InChI is InChI=1S/C47H29N3S/c1-2-13-31(14-3-1)43-39-19-9-7-17-37(39)38-18-8-10-20-40(38)44(43)32-23-25-33(26-24-32)45-48-46(36-27-22-30-12-4-5-15-34(30)28-36)50-47(49-45)42-29-35-16-6-11-21-41(35)51-42/h1-29H. The van der Waals surface area contributed by atoms with Crippen molar-refractivity contribution in [2.75, 3.05) is 0 Å². The molecule has 2 aromatic heterocycles. The zero-order valence-electron chi connectivity index (χ0n) is 27.5. The first-order valence-corrected chi connectivity index (χ1v) is 17.9. The molecule has 2 heterocycles. The molecule has 0 amide bonds. The van der Waals surface area contributed by atoms with Gasteiger partial charge in [0.2, 0.25) is 0 Å². The highest BCUT2D eigenvalue weighted by molar-refractivity contribution is 7.22. The zero-order valence-corrected chi connectivity index (χ0v) is 28.3. The molecule has 0 aliphatic carbocycles. The van der Waals surface area contributed by atoms with Crippen LogP contribution in [-0.2, 0) is 0 Å². The average Bonchev–Trinajstić information content (AvgIpc) is 3.65. The smallest absolute Gasteiger partial charge is 0.174 e. The Morgan fingerprint density at radius 3 is 1.49 bits per heavy atom. The third-order valence-corrected chi connectivity index (χ3v) is 10.8. The van der Waals surface area contributed by atoms with Gasteiger partial charge < -0.3 is 0 Å². The third kappa shape index (κ3) is 5.16. The van der Waals surface area contributed by atoms with Crippen molar-refractivity contribution in [3.8, 4) is 55.7 Å². The van der Waals surface area contributed by atoms with E-state index in [4.69, 9.17) is 15.0 Å². The van der Waals surface area contributed by atoms with E-state index in [1.807, 2.05) is 0 Å². The van der Waals surface area contributed by atoms with Gasteiger partial charge in [-0.05, 0) is 78.2 Å². The van der Waals surface area contributed by atoms with Gasteiger partial charge in [0.1, 0.15) is 0 Å². The molecule has 51 heavy (non-hydrogen) atoms.